The summed E-state index contributed by atoms with van der Waals surface area (Å²) in [7, 11) is 0. The van der Waals surface area contributed by atoms with Crippen LogP contribution in [0.5, 0.6) is 0 Å². The van der Waals surface area contributed by atoms with E-state index in [0.717, 1.165) is 31.6 Å². The van der Waals surface area contributed by atoms with Crippen molar-refractivity contribution in [2.75, 3.05) is 0 Å². The molecule has 0 aliphatic heterocycles. The summed E-state index contributed by atoms with van der Waals surface area (Å²) in [6.45, 7) is 2.23. The van der Waals surface area contributed by atoms with Gasteiger partial charge in [-0.15, -0.1) is 0 Å². The van der Waals surface area contributed by atoms with Crippen molar-refractivity contribution in [3.05, 3.63) is 42.0 Å². The van der Waals surface area contributed by atoms with Crippen LogP contribution in [0.15, 0.2) is 36.4 Å². The van der Waals surface area contributed by atoms with Crippen molar-refractivity contribution in [2.24, 2.45) is 11.8 Å². The SMILES string of the molecule is CCC1CCC(=O)C(C/C=C/c2ccccc2)C1. The number of benzene rings is 1. The summed E-state index contributed by atoms with van der Waals surface area (Å²) in [4.78, 5) is 11.9. The molecule has 0 bridgehead atoms. The zero-order valence-corrected chi connectivity index (χ0v) is 11.1. The molecule has 1 saturated carbocycles. The van der Waals surface area contributed by atoms with Gasteiger partial charge in [-0.05, 0) is 30.7 Å². The lowest BCUT2D eigenvalue weighted by atomic mass is 9.78. The predicted molar refractivity (Wildman–Crippen MR) is 76.2 cm³/mol. The third-order valence-electron chi connectivity index (χ3n) is 3.98. The molecule has 0 amide bonds. The molecule has 18 heavy (non-hydrogen) atoms. The molecule has 96 valence electrons. The number of ketones is 1. The van der Waals surface area contributed by atoms with E-state index in [2.05, 4.69) is 31.2 Å². The summed E-state index contributed by atoms with van der Waals surface area (Å²) in [6.07, 6.45) is 9.40. The molecule has 2 atom stereocenters. The Morgan fingerprint density at radius 3 is 2.78 bits per heavy atom. The monoisotopic (exact) mass is 242 g/mol. The fourth-order valence-corrected chi connectivity index (χ4v) is 2.73. The average Bonchev–Trinajstić information content (AvgIpc) is 2.42. The second-order valence-corrected chi connectivity index (χ2v) is 5.26. The van der Waals surface area contributed by atoms with Crippen molar-refractivity contribution in [2.45, 2.75) is 39.0 Å². The van der Waals surface area contributed by atoms with Gasteiger partial charge in [0.2, 0.25) is 0 Å². The van der Waals surface area contributed by atoms with Crippen LogP contribution in [-0.2, 0) is 4.79 Å². The van der Waals surface area contributed by atoms with E-state index in [0.29, 0.717) is 5.78 Å². The van der Waals surface area contributed by atoms with Gasteiger partial charge in [-0.2, -0.15) is 0 Å². The van der Waals surface area contributed by atoms with Crippen LogP contribution in [0.4, 0.5) is 0 Å². The van der Waals surface area contributed by atoms with E-state index in [1.165, 1.54) is 12.0 Å². The van der Waals surface area contributed by atoms with Crippen molar-refractivity contribution >= 4 is 11.9 Å². The van der Waals surface area contributed by atoms with Crippen molar-refractivity contribution in [3.63, 3.8) is 0 Å². The minimum absolute atomic E-state index is 0.267. The molecule has 0 aromatic heterocycles. The molecule has 1 aromatic carbocycles. The van der Waals surface area contributed by atoms with Crippen molar-refractivity contribution in [1.82, 2.24) is 0 Å². The van der Waals surface area contributed by atoms with Crippen LogP contribution in [0.3, 0.4) is 0 Å². The Labute approximate surface area is 110 Å². The second-order valence-electron chi connectivity index (χ2n) is 5.26. The van der Waals surface area contributed by atoms with E-state index in [1.807, 2.05) is 18.2 Å². The van der Waals surface area contributed by atoms with Gasteiger partial charge < -0.3 is 0 Å². The van der Waals surface area contributed by atoms with Gasteiger partial charge in [-0.3, -0.25) is 4.79 Å². The van der Waals surface area contributed by atoms with Crippen molar-refractivity contribution < 1.29 is 4.79 Å². The maximum absolute atomic E-state index is 11.9. The van der Waals surface area contributed by atoms with E-state index < -0.39 is 0 Å². The maximum Gasteiger partial charge on any atom is 0.136 e. The van der Waals surface area contributed by atoms with Gasteiger partial charge in [0.25, 0.3) is 0 Å². The smallest absolute Gasteiger partial charge is 0.136 e. The van der Waals surface area contributed by atoms with Crippen LogP contribution < -0.4 is 0 Å². The van der Waals surface area contributed by atoms with Gasteiger partial charge in [-0.1, -0.05) is 55.8 Å². The zero-order valence-electron chi connectivity index (χ0n) is 11.1. The highest BCUT2D eigenvalue weighted by molar-refractivity contribution is 5.82. The maximum atomic E-state index is 11.9. The Bertz CT molecular complexity index is 405. The van der Waals surface area contributed by atoms with E-state index >= 15 is 0 Å². The minimum atomic E-state index is 0.267. The van der Waals surface area contributed by atoms with Crippen LogP contribution in [0.25, 0.3) is 6.08 Å². The second kappa shape index (κ2) is 6.53. The van der Waals surface area contributed by atoms with Gasteiger partial charge in [0.15, 0.2) is 0 Å². The highest BCUT2D eigenvalue weighted by Gasteiger charge is 2.26. The topological polar surface area (TPSA) is 17.1 Å². The molecule has 1 fully saturated rings. The van der Waals surface area contributed by atoms with Gasteiger partial charge >= 0.3 is 0 Å². The van der Waals surface area contributed by atoms with Gasteiger partial charge in [-0.25, -0.2) is 0 Å². The van der Waals surface area contributed by atoms with Crippen LogP contribution in [0, 0.1) is 11.8 Å². The predicted octanol–water partition coefficient (Wildman–Crippen LogP) is 4.49. The van der Waals surface area contributed by atoms with Gasteiger partial charge in [0, 0.05) is 12.3 Å². The lowest BCUT2D eigenvalue weighted by molar-refractivity contribution is -0.125. The number of hydrogen-bond acceptors (Lipinski definition) is 1. The van der Waals surface area contributed by atoms with E-state index in [9.17, 15) is 4.79 Å². The zero-order chi connectivity index (χ0) is 12.8. The molecule has 1 heteroatoms. The highest BCUT2D eigenvalue weighted by Crippen LogP contribution is 2.30. The molecule has 0 radical (unpaired) electrons. The summed E-state index contributed by atoms with van der Waals surface area (Å²) in [6, 6.07) is 10.3. The Morgan fingerprint density at radius 1 is 1.28 bits per heavy atom. The molecule has 2 rings (SSSR count). The summed E-state index contributed by atoms with van der Waals surface area (Å²) >= 11 is 0. The fraction of sp³-hybridized carbons (Fsp3) is 0.471. The van der Waals surface area contributed by atoms with Crippen LogP contribution >= 0.6 is 0 Å². The molecule has 2 unspecified atom stereocenters. The number of rotatable bonds is 4. The first-order valence-corrected chi connectivity index (χ1v) is 7.04. The molecular weight excluding hydrogens is 220 g/mol. The lowest BCUT2D eigenvalue weighted by Crippen LogP contribution is -2.24. The third kappa shape index (κ3) is 3.56. The largest absolute Gasteiger partial charge is 0.299 e. The molecule has 1 aliphatic rings. The first-order valence-electron chi connectivity index (χ1n) is 7.04. The van der Waals surface area contributed by atoms with E-state index in [4.69, 9.17) is 0 Å². The number of Topliss-reactive ketones (excluding diaryl/α,β-unsaturated/α-hetero) is 1. The van der Waals surface area contributed by atoms with Crippen molar-refractivity contribution in [1.29, 1.82) is 0 Å². The first kappa shape index (κ1) is 13.1. The summed E-state index contributed by atoms with van der Waals surface area (Å²) in [5, 5.41) is 0. The Kier molecular flexibility index (Phi) is 4.74. The van der Waals surface area contributed by atoms with E-state index in [1.54, 1.807) is 0 Å². The first-order chi connectivity index (χ1) is 8.79. The quantitative estimate of drug-likeness (QED) is 0.760. The molecule has 0 saturated heterocycles. The molecule has 1 aliphatic carbocycles. The Morgan fingerprint density at radius 2 is 2.06 bits per heavy atom. The number of carbonyl (C=O) groups excluding carboxylic acids is 1. The molecule has 0 spiro atoms. The normalized spacial score (nSPS) is 24.6. The summed E-state index contributed by atoms with van der Waals surface area (Å²) < 4.78 is 0. The van der Waals surface area contributed by atoms with Gasteiger partial charge in [0.1, 0.15) is 5.78 Å². The third-order valence-corrected chi connectivity index (χ3v) is 3.98. The van der Waals surface area contributed by atoms with Crippen LogP contribution in [-0.4, -0.2) is 5.78 Å². The minimum Gasteiger partial charge on any atom is -0.299 e. The average molecular weight is 242 g/mol. The molecule has 1 aromatic rings. The van der Waals surface area contributed by atoms with E-state index in [-0.39, 0.29) is 5.92 Å². The fourth-order valence-electron chi connectivity index (χ4n) is 2.73. The van der Waals surface area contributed by atoms with Crippen LogP contribution in [0.1, 0.15) is 44.6 Å². The highest BCUT2D eigenvalue weighted by atomic mass is 16.1. The van der Waals surface area contributed by atoms with Crippen molar-refractivity contribution in [3.8, 4) is 0 Å². The number of carbonyl (C=O) groups is 1. The Hall–Kier alpha value is -1.37. The summed E-state index contributed by atoms with van der Waals surface area (Å²) in [5.41, 5.74) is 1.22. The molecule has 0 N–H and O–H groups in total. The molecule has 1 nitrogen and oxygen atoms in total. The van der Waals surface area contributed by atoms with Crippen LogP contribution in [0.2, 0.25) is 0 Å². The number of allylic oxidation sites excluding steroid dienone is 1. The molecule has 0 heterocycles. The standard InChI is InChI=1S/C17H22O/c1-2-14-11-12-17(18)16(13-14)10-6-9-15-7-4-3-5-8-15/h3-9,14,16H,2,10-13H2,1H3/b9-6+. The summed E-state index contributed by atoms with van der Waals surface area (Å²) in [5.74, 6) is 1.50. The Balaban J connectivity index is 1.89. The lowest BCUT2D eigenvalue weighted by Gasteiger charge is -2.26. The number of hydrogen-bond donors (Lipinski definition) is 0. The van der Waals surface area contributed by atoms with Gasteiger partial charge in [0.05, 0.1) is 0 Å². The molecular formula is C17H22O.